The normalized spacial score (nSPS) is 13.9. The van der Waals surface area contributed by atoms with Gasteiger partial charge in [0.15, 0.2) is 11.5 Å². The Bertz CT molecular complexity index is 722. The summed E-state index contributed by atoms with van der Waals surface area (Å²) in [4.78, 5) is 24.9. The Labute approximate surface area is 160 Å². The maximum absolute atomic E-state index is 12.8. The van der Waals surface area contributed by atoms with Crippen molar-refractivity contribution >= 4 is 17.7 Å². The molecule has 2 N–H and O–H groups in total. The fraction of sp³-hybridized carbons (Fsp3) is 0.500. The Morgan fingerprint density at radius 2 is 1.89 bits per heavy atom. The fourth-order valence-electron chi connectivity index (χ4n) is 2.60. The van der Waals surface area contributed by atoms with Crippen molar-refractivity contribution in [2.24, 2.45) is 5.92 Å². The van der Waals surface area contributed by atoms with Crippen LogP contribution in [0.5, 0.6) is 11.5 Å². The molecule has 1 aliphatic heterocycles. The van der Waals surface area contributed by atoms with Crippen LogP contribution in [0.2, 0.25) is 0 Å². The minimum atomic E-state index is -0.748. The molecule has 0 bridgehead atoms. The van der Waals surface area contributed by atoms with Crippen molar-refractivity contribution in [3.8, 4) is 11.5 Å². The smallest absolute Gasteiger partial charge is 0.408 e. The summed E-state index contributed by atoms with van der Waals surface area (Å²) in [6.45, 7) is 12.9. The van der Waals surface area contributed by atoms with Crippen LogP contribution in [0.3, 0.4) is 0 Å². The third-order valence-electron chi connectivity index (χ3n) is 3.84. The molecule has 7 heteroatoms. The van der Waals surface area contributed by atoms with Gasteiger partial charge in [-0.3, -0.25) is 4.79 Å². The molecule has 1 atom stereocenters. The first kappa shape index (κ1) is 20.6. The van der Waals surface area contributed by atoms with Gasteiger partial charge in [-0.05, 0) is 44.7 Å². The maximum Gasteiger partial charge on any atom is 0.408 e. The average Bonchev–Trinajstić information content (AvgIpc) is 2.98. The Balaban J connectivity index is 2.17. The summed E-state index contributed by atoms with van der Waals surface area (Å²) in [5, 5.41) is 5.53. The summed E-state index contributed by atoms with van der Waals surface area (Å²) in [5.41, 5.74) is 0.805. The van der Waals surface area contributed by atoms with Gasteiger partial charge in [-0.25, -0.2) is 4.79 Å². The predicted octanol–water partition coefficient (Wildman–Crippen LogP) is 3.63. The predicted molar refractivity (Wildman–Crippen MR) is 103 cm³/mol. The molecule has 2 amide bonds. The highest BCUT2D eigenvalue weighted by Gasteiger charge is 2.28. The molecule has 27 heavy (non-hydrogen) atoms. The highest BCUT2D eigenvalue weighted by molar-refractivity contribution is 5.97. The molecule has 0 aromatic heterocycles. The monoisotopic (exact) mass is 376 g/mol. The van der Waals surface area contributed by atoms with E-state index in [1.165, 1.54) is 0 Å². The van der Waals surface area contributed by atoms with E-state index in [4.69, 9.17) is 14.2 Å². The van der Waals surface area contributed by atoms with Gasteiger partial charge in [0.1, 0.15) is 11.6 Å². The lowest BCUT2D eigenvalue weighted by Gasteiger charge is -2.25. The number of allylic oxidation sites excluding steroid dienone is 1. The molecule has 0 saturated heterocycles. The molecule has 7 nitrogen and oxygen atoms in total. The SMILES string of the molecule is C=CCc1cc2c(cc1NC(=O)C(NC(=O)OC(C)(C)C)C(C)C)OCO2. The van der Waals surface area contributed by atoms with E-state index in [1.54, 1.807) is 32.9 Å². The molecule has 1 aliphatic rings. The van der Waals surface area contributed by atoms with Crippen LogP contribution in [0.4, 0.5) is 10.5 Å². The van der Waals surface area contributed by atoms with Crippen LogP contribution in [-0.4, -0.2) is 30.4 Å². The van der Waals surface area contributed by atoms with Crippen molar-refractivity contribution in [1.29, 1.82) is 0 Å². The second kappa shape index (κ2) is 8.33. The highest BCUT2D eigenvalue weighted by Crippen LogP contribution is 2.37. The zero-order valence-corrected chi connectivity index (χ0v) is 16.5. The van der Waals surface area contributed by atoms with E-state index in [0.717, 1.165) is 5.56 Å². The van der Waals surface area contributed by atoms with Gasteiger partial charge in [0.05, 0.1) is 0 Å². The maximum atomic E-state index is 12.8. The minimum absolute atomic E-state index is 0.130. The minimum Gasteiger partial charge on any atom is -0.454 e. The van der Waals surface area contributed by atoms with E-state index in [2.05, 4.69) is 17.2 Å². The number of hydrogen-bond donors (Lipinski definition) is 2. The molecule has 1 unspecified atom stereocenters. The molecule has 1 aromatic rings. The first-order valence-corrected chi connectivity index (χ1v) is 8.94. The topological polar surface area (TPSA) is 85.9 Å². The van der Waals surface area contributed by atoms with Crippen molar-refractivity contribution in [2.45, 2.75) is 52.7 Å². The molecule has 0 saturated carbocycles. The van der Waals surface area contributed by atoms with Gasteiger partial charge in [0.25, 0.3) is 0 Å². The van der Waals surface area contributed by atoms with Gasteiger partial charge >= 0.3 is 6.09 Å². The number of anilines is 1. The number of alkyl carbamates (subject to hydrolysis) is 1. The van der Waals surface area contributed by atoms with E-state index in [1.807, 2.05) is 19.9 Å². The number of carbonyl (C=O) groups is 2. The molecule has 0 radical (unpaired) electrons. The lowest BCUT2D eigenvalue weighted by atomic mass is 10.0. The zero-order chi connectivity index (χ0) is 20.2. The number of amides is 2. The Morgan fingerprint density at radius 1 is 1.26 bits per heavy atom. The Morgan fingerprint density at radius 3 is 2.44 bits per heavy atom. The molecular weight excluding hydrogens is 348 g/mol. The summed E-state index contributed by atoms with van der Waals surface area (Å²) in [7, 11) is 0. The number of ether oxygens (including phenoxy) is 3. The van der Waals surface area contributed by atoms with Crippen LogP contribution < -0.4 is 20.1 Å². The number of rotatable bonds is 6. The highest BCUT2D eigenvalue weighted by atomic mass is 16.7. The second-order valence-electron chi connectivity index (χ2n) is 7.71. The van der Waals surface area contributed by atoms with Gasteiger partial charge < -0.3 is 24.8 Å². The number of carbonyl (C=O) groups excluding carboxylic acids is 2. The third kappa shape index (κ3) is 5.64. The molecule has 2 rings (SSSR count). The molecule has 0 spiro atoms. The summed E-state index contributed by atoms with van der Waals surface area (Å²) < 4.78 is 16.0. The molecule has 1 heterocycles. The van der Waals surface area contributed by atoms with E-state index < -0.39 is 17.7 Å². The Hall–Kier alpha value is -2.70. The van der Waals surface area contributed by atoms with Crippen LogP contribution >= 0.6 is 0 Å². The number of fused-ring (bicyclic) bond motifs is 1. The standard InChI is InChI=1S/C20H28N2O5/c1-7-8-13-9-15-16(26-11-25-15)10-14(13)21-18(23)17(12(2)3)22-19(24)27-20(4,5)6/h7,9-10,12,17H,1,8,11H2,2-6H3,(H,21,23)(H,22,24). The Kier molecular flexibility index (Phi) is 6.36. The average molecular weight is 376 g/mol. The van der Waals surface area contributed by atoms with Crippen LogP contribution in [0.15, 0.2) is 24.8 Å². The zero-order valence-electron chi connectivity index (χ0n) is 16.5. The lowest BCUT2D eigenvalue weighted by Crippen LogP contribution is -2.48. The van der Waals surface area contributed by atoms with Crippen molar-refractivity contribution in [2.75, 3.05) is 12.1 Å². The van der Waals surface area contributed by atoms with Crippen LogP contribution in [0.25, 0.3) is 0 Å². The van der Waals surface area contributed by atoms with E-state index in [-0.39, 0.29) is 18.6 Å². The molecular formula is C20H28N2O5. The van der Waals surface area contributed by atoms with Gasteiger partial charge in [0.2, 0.25) is 12.7 Å². The first-order chi connectivity index (χ1) is 12.6. The van der Waals surface area contributed by atoms with Crippen molar-refractivity contribution in [3.05, 3.63) is 30.4 Å². The summed E-state index contributed by atoms with van der Waals surface area (Å²) in [5.74, 6) is 0.742. The van der Waals surface area contributed by atoms with E-state index in [9.17, 15) is 9.59 Å². The molecule has 148 valence electrons. The number of nitrogens with one attached hydrogen (secondary N) is 2. The molecule has 0 aliphatic carbocycles. The summed E-state index contributed by atoms with van der Waals surface area (Å²) >= 11 is 0. The first-order valence-electron chi connectivity index (χ1n) is 8.94. The van der Waals surface area contributed by atoms with Crippen LogP contribution in [0.1, 0.15) is 40.2 Å². The number of benzene rings is 1. The number of hydrogen-bond acceptors (Lipinski definition) is 5. The summed E-state index contributed by atoms with van der Waals surface area (Å²) in [6.07, 6.45) is 1.66. The quantitative estimate of drug-likeness (QED) is 0.741. The van der Waals surface area contributed by atoms with Crippen molar-refractivity contribution < 1.29 is 23.8 Å². The van der Waals surface area contributed by atoms with E-state index in [0.29, 0.717) is 23.6 Å². The van der Waals surface area contributed by atoms with Crippen molar-refractivity contribution in [3.63, 3.8) is 0 Å². The van der Waals surface area contributed by atoms with Gasteiger partial charge in [0, 0.05) is 11.8 Å². The summed E-state index contributed by atoms with van der Waals surface area (Å²) in [6, 6.07) is 2.80. The third-order valence-corrected chi connectivity index (χ3v) is 3.84. The lowest BCUT2D eigenvalue weighted by molar-refractivity contribution is -0.119. The fourth-order valence-corrected chi connectivity index (χ4v) is 2.60. The van der Waals surface area contributed by atoms with Gasteiger partial charge in [-0.15, -0.1) is 6.58 Å². The van der Waals surface area contributed by atoms with Gasteiger partial charge in [-0.2, -0.15) is 0 Å². The molecule has 1 aromatic carbocycles. The second-order valence-corrected chi connectivity index (χ2v) is 7.71. The largest absolute Gasteiger partial charge is 0.454 e. The van der Waals surface area contributed by atoms with Gasteiger partial charge in [-0.1, -0.05) is 19.9 Å². The van der Waals surface area contributed by atoms with E-state index >= 15 is 0 Å². The van der Waals surface area contributed by atoms with Crippen LogP contribution in [0, 0.1) is 5.92 Å². The van der Waals surface area contributed by atoms with Crippen molar-refractivity contribution in [1.82, 2.24) is 5.32 Å². The molecule has 0 fully saturated rings. The van der Waals surface area contributed by atoms with Crippen LogP contribution in [-0.2, 0) is 16.0 Å².